The van der Waals surface area contributed by atoms with E-state index in [0.29, 0.717) is 13.0 Å². The van der Waals surface area contributed by atoms with E-state index in [2.05, 4.69) is 19.1 Å². The van der Waals surface area contributed by atoms with Gasteiger partial charge in [-0.15, -0.1) is 0 Å². The van der Waals surface area contributed by atoms with Crippen molar-refractivity contribution in [1.29, 1.82) is 0 Å². The molecular weight excluding hydrogens is 644 g/mol. The van der Waals surface area contributed by atoms with Crippen LogP contribution in [0, 0.1) is 0 Å². The minimum absolute atomic E-state index is 0.0557. The lowest BCUT2D eigenvalue weighted by molar-refractivity contribution is -0.332. The van der Waals surface area contributed by atoms with Gasteiger partial charge in [0.1, 0.15) is 54.9 Å². The molecule has 2 rings (SSSR count). The molecule has 2 saturated heterocycles. The van der Waals surface area contributed by atoms with E-state index < -0.39 is 86.7 Å². The summed E-state index contributed by atoms with van der Waals surface area (Å²) in [5.74, 6) is -0.416. The van der Waals surface area contributed by atoms with E-state index >= 15 is 0 Å². The summed E-state index contributed by atoms with van der Waals surface area (Å²) < 4.78 is 33.5. The van der Waals surface area contributed by atoms with E-state index in [-0.39, 0.29) is 19.6 Å². The number of aliphatic hydroxyl groups is 7. The van der Waals surface area contributed by atoms with Crippen LogP contribution in [0.4, 0.5) is 0 Å². The highest BCUT2D eigenvalue weighted by Crippen LogP contribution is 2.26. The Morgan fingerprint density at radius 3 is 1.84 bits per heavy atom. The predicted molar refractivity (Wildman–Crippen MR) is 178 cm³/mol. The smallest absolute Gasteiger partial charge is 0.306 e. The van der Waals surface area contributed by atoms with E-state index in [1.54, 1.807) is 0 Å². The lowest BCUT2D eigenvalue weighted by atomic mass is 9.98. The van der Waals surface area contributed by atoms with E-state index in [9.17, 15) is 40.5 Å². The third-order valence-corrected chi connectivity index (χ3v) is 8.77. The molecule has 0 bridgehead atoms. The second kappa shape index (κ2) is 25.6. The van der Waals surface area contributed by atoms with Crippen LogP contribution in [0.2, 0.25) is 0 Å². The number of esters is 1. The van der Waals surface area contributed by atoms with Crippen LogP contribution in [-0.4, -0.2) is 142 Å². The third kappa shape index (κ3) is 16.3. The Balaban J connectivity index is 1.78. The molecule has 0 amide bonds. The van der Waals surface area contributed by atoms with Gasteiger partial charge in [-0.1, -0.05) is 70.9 Å². The van der Waals surface area contributed by atoms with Gasteiger partial charge in [-0.05, 0) is 38.5 Å². The second-order valence-corrected chi connectivity index (χ2v) is 13.0. The number of carbonyl (C=O) groups is 1. The van der Waals surface area contributed by atoms with Crippen molar-refractivity contribution >= 4 is 5.97 Å². The molecule has 14 heteroatoms. The molecule has 2 aliphatic rings. The number of hydrogen-bond acceptors (Lipinski definition) is 14. The Bertz CT molecular complexity index is 875. The summed E-state index contributed by atoms with van der Waals surface area (Å²) in [7, 11) is 0. The van der Waals surface area contributed by atoms with Gasteiger partial charge in [0.15, 0.2) is 12.6 Å². The number of allylic oxidation sites excluding steroid dienone is 2. The summed E-state index contributed by atoms with van der Waals surface area (Å²) in [6.07, 6.45) is 2.87. The van der Waals surface area contributed by atoms with E-state index in [1.165, 1.54) is 44.9 Å². The van der Waals surface area contributed by atoms with Crippen LogP contribution < -0.4 is 0 Å². The fourth-order valence-electron chi connectivity index (χ4n) is 5.61. The molecule has 288 valence electrons. The second-order valence-electron chi connectivity index (χ2n) is 13.0. The monoisotopic (exact) mass is 708 g/mol. The van der Waals surface area contributed by atoms with E-state index in [4.69, 9.17) is 28.4 Å². The van der Waals surface area contributed by atoms with Crippen molar-refractivity contribution < 1.29 is 69.0 Å². The molecule has 2 heterocycles. The van der Waals surface area contributed by atoms with Crippen molar-refractivity contribution in [2.75, 3.05) is 33.0 Å². The molecule has 11 unspecified atom stereocenters. The predicted octanol–water partition coefficient (Wildman–Crippen LogP) is 1.61. The Morgan fingerprint density at radius 2 is 1.20 bits per heavy atom. The van der Waals surface area contributed by atoms with Crippen molar-refractivity contribution in [3.05, 3.63) is 12.2 Å². The van der Waals surface area contributed by atoms with Crippen molar-refractivity contribution in [3.63, 3.8) is 0 Å². The first kappa shape index (κ1) is 43.9. The topological polar surface area (TPSA) is 214 Å². The van der Waals surface area contributed by atoms with Gasteiger partial charge in [0.05, 0.1) is 26.4 Å². The highest BCUT2D eigenvalue weighted by molar-refractivity contribution is 5.69. The maximum Gasteiger partial charge on any atom is 0.306 e. The van der Waals surface area contributed by atoms with Gasteiger partial charge in [-0.3, -0.25) is 4.79 Å². The zero-order chi connectivity index (χ0) is 36.0. The lowest BCUT2D eigenvalue weighted by Gasteiger charge is -2.42. The SMILES string of the molecule is CCCCC/C=C\CCCCCCCCOCC(COC1OC(COC2OC(CO)C(O)C(O)C2O)C(O)C(O)C1O)OC(=O)CCCC. The first-order chi connectivity index (χ1) is 23.6. The molecule has 11 atom stereocenters. The average molecular weight is 709 g/mol. The van der Waals surface area contributed by atoms with E-state index in [1.807, 2.05) is 6.92 Å². The molecule has 0 aliphatic carbocycles. The van der Waals surface area contributed by atoms with Crippen LogP contribution in [-0.2, 0) is 33.2 Å². The number of rotatable bonds is 26. The van der Waals surface area contributed by atoms with Gasteiger partial charge in [0.25, 0.3) is 0 Å². The minimum Gasteiger partial charge on any atom is -0.457 e. The standard InChI is InChI=1S/C35H64O14/c1-3-5-7-8-9-10-11-12-13-14-15-16-17-19-44-21-24(47-27(37)18-6-4-2)22-45-34-33(43)31(41)29(39)26(49-34)23-46-35-32(42)30(40)28(38)25(20-36)48-35/h9-10,24-26,28-36,38-43H,3-8,11-23H2,1-2H3/b10-9-. The van der Waals surface area contributed by atoms with Crippen LogP contribution in [0.5, 0.6) is 0 Å². The largest absolute Gasteiger partial charge is 0.457 e. The quantitative estimate of drug-likeness (QED) is 0.0387. The summed E-state index contributed by atoms with van der Waals surface area (Å²) in [6, 6.07) is 0. The Kier molecular flexibility index (Phi) is 23.0. The molecule has 14 nitrogen and oxygen atoms in total. The van der Waals surface area contributed by atoms with E-state index in [0.717, 1.165) is 32.1 Å². The first-order valence-corrected chi connectivity index (χ1v) is 18.3. The van der Waals surface area contributed by atoms with Crippen LogP contribution >= 0.6 is 0 Å². The molecule has 0 aromatic heterocycles. The maximum absolute atomic E-state index is 12.4. The van der Waals surface area contributed by atoms with Gasteiger partial charge in [0, 0.05) is 13.0 Å². The summed E-state index contributed by atoms with van der Waals surface area (Å²) >= 11 is 0. The molecule has 2 fully saturated rings. The number of hydrogen-bond donors (Lipinski definition) is 7. The number of ether oxygens (including phenoxy) is 6. The first-order valence-electron chi connectivity index (χ1n) is 18.3. The molecule has 0 aromatic rings. The van der Waals surface area contributed by atoms with Crippen molar-refractivity contribution in [1.82, 2.24) is 0 Å². The van der Waals surface area contributed by atoms with Crippen LogP contribution in [0.1, 0.15) is 104 Å². The number of unbranched alkanes of at least 4 members (excludes halogenated alkanes) is 10. The van der Waals surface area contributed by atoms with Crippen molar-refractivity contribution in [2.24, 2.45) is 0 Å². The highest BCUT2D eigenvalue weighted by Gasteiger charge is 2.47. The minimum atomic E-state index is -1.70. The zero-order valence-electron chi connectivity index (χ0n) is 29.4. The van der Waals surface area contributed by atoms with Crippen molar-refractivity contribution in [3.8, 4) is 0 Å². The van der Waals surface area contributed by atoms with Gasteiger partial charge in [0.2, 0.25) is 0 Å². The summed E-state index contributed by atoms with van der Waals surface area (Å²) in [5.41, 5.74) is 0. The molecule has 0 saturated carbocycles. The Morgan fingerprint density at radius 1 is 0.653 bits per heavy atom. The van der Waals surface area contributed by atoms with Gasteiger partial charge in [-0.2, -0.15) is 0 Å². The van der Waals surface area contributed by atoms with Gasteiger partial charge >= 0.3 is 5.97 Å². The third-order valence-electron chi connectivity index (χ3n) is 8.77. The number of aliphatic hydroxyl groups excluding tert-OH is 7. The zero-order valence-corrected chi connectivity index (χ0v) is 29.4. The summed E-state index contributed by atoms with van der Waals surface area (Å²) in [6.45, 7) is 3.35. The molecule has 49 heavy (non-hydrogen) atoms. The molecular formula is C35H64O14. The fourth-order valence-corrected chi connectivity index (χ4v) is 5.61. The van der Waals surface area contributed by atoms with Gasteiger partial charge < -0.3 is 64.2 Å². The fraction of sp³-hybridized carbons (Fsp3) is 0.914. The molecule has 0 aromatic carbocycles. The summed E-state index contributed by atoms with van der Waals surface area (Å²) in [4.78, 5) is 12.4. The highest BCUT2D eigenvalue weighted by atomic mass is 16.7. The maximum atomic E-state index is 12.4. The number of carbonyl (C=O) groups excluding carboxylic acids is 1. The van der Waals surface area contributed by atoms with Crippen LogP contribution in [0.3, 0.4) is 0 Å². The van der Waals surface area contributed by atoms with Crippen molar-refractivity contribution in [2.45, 2.75) is 171 Å². The molecule has 0 radical (unpaired) electrons. The molecule has 0 spiro atoms. The van der Waals surface area contributed by atoms with Crippen LogP contribution in [0.25, 0.3) is 0 Å². The lowest BCUT2D eigenvalue weighted by Crippen LogP contribution is -2.61. The van der Waals surface area contributed by atoms with Crippen LogP contribution in [0.15, 0.2) is 12.2 Å². The molecule has 2 aliphatic heterocycles. The van der Waals surface area contributed by atoms with Gasteiger partial charge in [-0.25, -0.2) is 0 Å². The Hall–Kier alpha value is -1.27. The molecule has 7 N–H and O–H groups in total. The normalized spacial score (nSPS) is 31.3. The average Bonchev–Trinajstić information content (AvgIpc) is 3.10. The summed E-state index contributed by atoms with van der Waals surface area (Å²) in [5, 5.41) is 71.1. The Labute approximate surface area is 291 Å².